The highest BCUT2D eigenvalue weighted by Gasteiger charge is 2.00. The van der Waals surface area contributed by atoms with Crippen molar-refractivity contribution in [2.24, 2.45) is 0 Å². The highest BCUT2D eigenvalue weighted by Crippen LogP contribution is 2.27. The molecule has 0 aliphatic heterocycles. The summed E-state index contributed by atoms with van der Waals surface area (Å²) in [7, 11) is 0. The molecular weight excluding hydrogens is 329 g/mol. The van der Waals surface area contributed by atoms with Crippen LogP contribution in [0.3, 0.4) is 0 Å². The van der Waals surface area contributed by atoms with Gasteiger partial charge in [0, 0.05) is 21.6 Å². The largest absolute Gasteiger partial charge is 0.380 e. The normalized spacial score (nSPS) is 10.4. The van der Waals surface area contributed by atoms with E-state index in [1.165, 1.54) is 4.88 Å². The third kappa shape index (κ3) is 3.14. The molecule has 1 aromatic carbocycles. The van der Waals surface area contributed by atoms with Crippen LogP contribution < -0.4 is 5.32 Å². The Balaban J connectivity index is 2.02. The number of halogens is 3. The van der Waals surface area contributed by atoms with Crippen LogP contribution in [-0.4, -0.2) is 0 Å². The van der Waals surface area contributed by atoms with Gasteiger partial charge in [0.2, 0.25) is 0 Å². The number of rotatable bonds is 3. The van der Waals surface area contributed by atoms with Crippen LogP contribution in [0.4, 0.5) is 5.69 Å². The summed E-state index contributed by atoms with van der Waals surface area (Å²) in [5.41, 5.74) is 0.998. The summed E-state index contributed by atoms with van der Waals surface area (Å²) in [5.74, 6) is 0. The van der Waals surface area contributed by atoms with Crippen LogP contribution in [0.15, 0.2) is 34.8 Å². The summed E-state index contributed by atoms with van der Waals surface area (Å²) in [6.07, 6.45) is 0. The maximum atomic E-state index is 5.99. The van der Waals surface area contributed by atoms with Crippen molar-refractivity contribution in [3.8, 4) is 0 Å². The molecule has 1 heterocycles. The minimum atomic E-state index is 0.703. The Morgan fingerprint density at radius 3 is 2.62 bits per heavy atom. The second-order valence-electron chi connectivity index (χ2n) is 3.19. The first kappa shape index (κ1) is 12.2. The van der Waals surface area contributed by atoms with Gasteiger partial charge >= 0.3 is 0 Å². The molecule has 0 fully saturated rings. The summed E-state index contributed by atoms with van der Waals surface area (Å²) in [4.78, 5) is 1.20. The molecule has 0 saturated heterocycles. The average molecular weight is 337 g/mol. The number of hydrogen-bond donors (Lipinski definition) is 1. The Bertz CT molecular complexity index is 498. The first-order chi connectivity index (χ1) is 7.65. The third-order valence-corrected chi connectivity index (χ3v) is 4.48. The number of nitrogens with one attached hydrogen (secondary N) is 1. The molecule has 5 heteroatoms. The van der Waals surface area contributed by atoms with Gasteiger partial charge in [-0.15, -0.1) is 11.3 Å². The topological polar surface area (TPSA) is 12.0 Å². The van der Waals surface area contributed by atoms with Crippen LogP contribution in [0, 0.1) is 0 Å². The van der Waals surface area contributed by atoms with Crippen molar-refractivity contribution in [2.45, 2.75) is 6.54 Å². The Kier molecular flexibility index (Phi) is 4.14. The van der Waals surface area contributed by atoms with E-state index in [1.807, 2.05) is 30.3 Å². The van der Waals surface area contributed by atoms with Crippen LogP contribution in [0.1, 0.15) is 4.88 Å². The molecule has 2 rings (SSSR count). The highest BCUT2D eigenvalue weighted by atomic mass is 79.9. The third-order valence-electron chi connectivity index (χ3n) is 2.02. The van der Waals surface area contributed by atoms with Crippen molar-refractivity contribution in [1.29, 1.82) is 0 Å². The van der Waals surface area contributed by atoms with Gasteiger partial charge < -0.3 is 5.32 Å². The lowest BCUT2D eigenvalue weighted by Gasteiger charge is -2.05. The van der Waals surface area contributed by atoms with E-state index < -0.39 is 0 Å². The van der Waals surface area contributed by atoms with Gasteiger partial charge in [0.25, 0.3) is 0 Å². The SMILES string of the molecule is Clc1ccc(CNc2ccc(Br)c(Cl)c2)s1. The predicted octanol–water partition coefficient (Wildman–Crippen LogP) is 5.43. The first-order valence-corrected chi connectivity index (χ1v) is 6.95. The minimum absolute atomic E-state index is 0.703. The Labute approximate surface area is 117 Å². The van der Waals surface area contributed by atoms with E-state index in [2.05, 4.69) is 21.2 Å². The maximum Gasteiger partial charge on any atom is 0.0931 e. The standard InChI is InChI=1S/C11H8BrCl2NS/c12-9-3-1-7(5-10(9)13)15-6-8-2-4-11(14)16-8/h1-5,15H,6H2. The van der Waals surface area contributed by atoms with E-state index in [0.29, 0.717) is 5.02 Å². The van der Waals surface area contributed by atoms with Crippen LogP contribution in [0.25, 0.3) is 0 Å². The monoisotopic (exact) mass is 335 g/mol. The predicted molar refractivity (Wildman–Crippen MR) is 75.8 cm³/mol. The Morgan fingerprint density at radius 2 is 2.00 bits per heavy atom. The zero-order valence-corrected chi connectivity index (χ0v) is 12.1. The molecular formula is C11H8BrCl2NS. The number of benzene rings is 1. The van der Waals surface area contributed by atoms with Gasteiger partial charge in [-0.1, -0.05) is 23.2 Å². The quantitative estimate of drug-likeness (QED) is 0.788. The van der Waals surface area contributed by atoms with Gasteiger partial charge in [0.1, 0.15) is 0 Å². The molecule has 0 aliphatic rings. The van der Waals surface area contributed by atoms with Crippen LogP contribution >= 0.6 is 50.5 Å². The van der Waals surface area contributed by atoms with E-state index >= 15 is 0 Å². The maximum absolute atomic E-state index is 5.99. The molecule has 84 valence electrons. The van der Waals surface area contributed by atoms with Gasteiger partial charge in [0.15, 0.2) is 0 Å². The summed E-state index contributed by atoms with van der Waals surface area (Å²) in [6.45, 7) is 0.759. The lowest BCUT2D eigenvalue weighted by atomic mass is 10.3. The molecule has 1 N–H and O–H groups in total. The number of thiophene rings is 1. The minimum Gasteiger partial charge on any atom is -0.380 e. The van der Waals surface area contributed by atoms with Crippen molar-refractivity contribution in [2.75, 3.05) is 5.32 Å². The zero-order valence-electron chi connectivity index (χ0n) is 8.14. The van der Waals surface area contributed by atoms with Crippen molar-refractivity contribution in [3.63, 3.8) is 0 Å². The second-order valence-corrected chi connectivity index (χ2v) is 6.25. The van der Waals surface area contributed by atoms with Crippen molar-refractivity contribution in [3.05, 3.63) is 49.0 Å². The molecule has 0 saturated carbocycles. The van der Waals surface area contributed by atoms with Gasteiger partial charge in [-0.2, -0.15) is 0 Å². The van der Waals surface area contributed by atoms with E-state index in [9.17, 15) is 0 Å². The lowest BCUT2D eigenvalue weighted by Crippen LogP contribution is -1.96. The van der Waals surface area contributed by atoms with Crippen LogP contribution in [-0.2, 0) is 6.54 Å². The van der Waals surface area contributed by atoms with Gasteiger partial charge in [-0.3, -0.25) is 0 Å². The van der Waals surface area contributed by atoms with Crippen molar-refractivity contribution >= 4 is 56.2 Å². The summed E-state index contributed by atoms with van der Waals surface area (Å²) in [6, 6.07) is 9.70. The smallest absolute Gasteiger partial charge is 0.0931 e. The van der Waals surface area contributed by atoms with Gasteiger partial charge in [0.05, 0.1) is 9.36 Å². The Morgan fingerprint density at radius 1 is 1.19 bits per heavy atom. The van der Waals surface area contributed by atoms with Crippen molar-refractivity contribution < 1.29 is 0 Å². The van der Waals surface area contributed by atoms with Gasteiger partial charge in [-0.25, -0.2) is 0 Å². The molecule has 0 bridgehead atoms. The highest BCUT2D eigenvalue weighted by molar-refractivity contribution is 9.10. The fraction of sp³-hybridized carbons (Fsp3) is 0.0909. The number of anilines is 1. The first-order valence-electron chi connectivity index (χ1n) is 4.58. The molecule has 1 aromatic heterocycles. The molecule has 0 spiro atoms. The van der Waals surface area contributed by atoms with Crippen LogP contribution in [0.5, 0.6) is 0 Å². The molecule has 0 aliphatic carbocycles. The van der Waals surface area contributed by atoms with Crippen LogP contribution in [0.2, 0.25) is 9.36 Å². The summed E-state index contributed by atoms with van der Waals surface area (Å²) < 4.78 is 1.71. The molecule has 0 radical (unpaired) electrons. The van der Waals surface area contributed by atoms with E-state index in [0.717, 1.165) is 21.0 Å². The Hall–Kier alpha value is -0.220. The fourth-order valence-electron chi connectivity index (χ4n) is 1.24. The summed E-state index contributed by atoms with van der Waals surface area (Å²) >= 11 is 16.8. The molecule has 0 atom stereocenters. The lowest BCUT2D eigenvalue weighted by molar-refractivity contribution is 1.19. The molecule has 16 heavy (non-hydrogen) atoms. The van der Waals surface area contributed by atoms with E-state index in [1.54, 1.807) is 11.3 Å². The molecule has 0 amide bonds. The van der Waals surface area contributed by atoms with Crippen molar-refractivity contribution in [1.82, 2.24) is 0 Å². The molecule has 2 aromatic rings. The van der Waals surface area contributed by atoms with E-state index in [4.69, 9.17) is 23.2 Å². The second kappa shape index (κ2) is 5.41. The number of hydrogen-bond acceptors (Lipinski definition) is 2. The zero-order chi connectivity index (χ0) is 11.5. The fourth-order valence-corrected chi connectivity index (χ4v) is 2.70. The summed E-state index contributed by atoms with van der Waals surface area (Å²) in [5, 5.41) is 3.99. The van der Waals surface area contributed by atoms with E-state index in [-0.39, 0.29) is 0 Å². The molecule has 0 unspecified atom stereocenters. The average Bonchev–Trinajstić information content (AvgIpc) is 2.66. The van der Waals surface area contributed by atoms with Gasteiger partial charge in [-0.05, 0) is 46.3 Å². The molecule has 1 nitrogen and oxygen atoms in total.